The quantitative estimate of drug-likeness (QED) is 0.0533. The average Bonchev–Trinajstić information content (AvgIpc) is 3.22. The molecular formula is C42H68N4O13S. The lowest BCUT2D eigenvalue weighted by Gasteiger charge is -2.09. The number of hydrogen-bond acceptors (Lipinski definition) is 13. The number of unbranched alkanes of at least 4 members (excludes halogenated alkanes) is 12. The van der Waals surface area contributed by atoms with Crippen molar-refractivity contribution in [1.82, 2.24) is 15.3 Å². The third kappa shape index (κ3) is 29.9. The van der Waals surface area contributed by atoms with Crippen molar-refractivity contribution in [3.63, 3.8) is 0 Å². The van der Waals surface area contributed by atoms with E-state index in [0.29, 0.717) is 64.6 Å². The normalized spacial score (nSPS) is 11.0. The highest BCUT2D eigenvalue weighted by Crippen LogP contribution is 2.19. The number of nitrogens with zero attached hydrogens (tertiary/aromatic N) is 2. The van der Waals surface area contributed by atoms with Gasteiger partial charge in [0.05, 0.1) is 36.9 Å². The van der Waals surface area contributed by atoms with Crippen molar-refractivity contribution < 1.29 is 61.5 Å². The van der Waals surface area contributed by atoms with Crippen molar-refractivity contribution in [3.05, 3.63) is 42.2 Å². The molecule has 0 atom stereocenters. The van der Waals surface area contributed by atoms with Crippen LogP contribution in [0, 0.1) is 0 Å². The van der Waals surface area contributed by atoms with Gasteiger partial charge in [0, 0.05) is 52.1 Å². The first-order chi connectivity index (χ1) is 29.0. The Morgan fingerprint density at radius 1 is 0.633 bits per heavy atom. The van der Waals surface area contributed by atoms with Gasteiger partial charge in [-0.3, -0.25) is 14.4 Å². The number of ether oxygens (including phenoxy) is 5. The number of aliphatic carboxylic acids is 2. The highest BCUT2D eigenvalue weighted by atomic mass is 32.2. The van der Waals surface area contributed by atoms with Crippen LogP contribution < -0.4 is 14.8 Å². The molecule has 0 spiro atoms. The van der Waals surface area contributed by atoms with Gasteiger partial charge in [-0.2, -0.15) is 0 Å². The van der Waals surface area contributed by atoms with Crippen LogP contribution in [0.15, 0.2) is 41.6 Å². The van der Waals surface area contributed by atoms with E-state index in [2.05, 4.69) is 20.0 Å². The number of rotatable bonds is 37. The molecule has 1 aromatic carbocycles. The van der Waals surface area contributed by atoms with E-state index in [-0.39, 0.29) is 47.9 Å². The Balaban J connectivity index is 0.000000838. The van der Waals surface area contributed by atoms with Gasteiger partial charge in [-0.25, -0.2) is 27.9 Å². The summed E-state index contributed by atoms with van der Waals surface area (Å²) in [6.07, 6.45) is 19.7. The highest BCUT2D eigenvalue weighted by molar-refractivity contribution is 7.92. The molecule has 0 bridgehead atoms. The van der Waals surface area contributed by atoms with Gasteiger partial charge in [0.25, 0.3) is 15.9 Å². The largest absolute Gasteiger partial charge is 0.494 e. The van der Waals surface area contributed by atoms with Crippen LogP contribution in [0.3, 0.4) is 0 Å². The SMILES string of the molecule is CCCOCC(=O)CCCOCCOCC(=O)O.COCCNC(=O)c1cnc(NS(=O)(=O)c2ccc(OCCCCCCCCCCCCCCCC(=O)O)cc2)nc1. The second-order valence-corrected chi connectivity index (χ2v) is 15.6. The van der Waals surface area contributed by atoms with Gasteiger partial charge in [-0.15, -0.1) is 0 Å². The molecule has 0 aliphatic heterocycles. The number of aromatic nitrogens is 2. The van der Waals surface area contributed by atoms with Crippen molar-refractivity contribution in [3.8, 4) is 5.75 Å². The molecule has 0 saturated heterocycles. The predicted octanol–water partition coefficient (Wildman–Crippen LogP) is 6.46. The Kier molecular flexibility index (Phi) is 31.8. The van der Waals surface area contributed by atoms with E-state index >= 15 is 0 Å². The topological polar surface area (TPSA) is 239 Å². The molecule has 0 aliphatic carbocycles. The molecule has 2 aromatic rings. The van der Waals surface area contributed by atoms with Crippen molar-refractivity contribution in [1.29, 1.82) is 0 Å². The molecule has 1 amide bonds. The van der Waals surface area contributed by atoms with E-state index in [9.17, 15) is 27.6 Å². The number of amides is 1. The zero-order chi connectivity index (χ0) is 44.1. The summed E-state index contributed by atoms with van der Waals surface area (Å²) in [4.78, 5) is 51.8. The molecule has 0 radical (unpaired) electrons. The summed E-state index contributed by atoms with van der Waals surface area (Å²) in [5.74, 6) is -1.51. The van der Waals surface area contributed by atoms with Crippen LogP contribution in [-0.4, -0.2) is 119 Å². The van der Waals surface area contributed by atoms with E-state index in [1.54, 1.807) is 12.1 Å². The van der Waals surface area contributed by atoms with Crippen LogP contribution in [0.5, 0.6) is 5.75 Å². The first-order valence-corrected chi connectivity index (χ1v) is 22.5. The lowest BCUT2D eigenvalue weighted by Crippen LogP contribution is -2.27. The summed E-state index contributed by atoms with van der Waals surface area (Å²) in [5.41, 5.74) is 0.210. The zero-order valence-corrected chi connectivity index (χ0v) is 36.4. The van der Waals surface area contributed by atoms with Crippen LogP contribution in [-0.2, 0) is 43.4 Å². The summed E-state index contributed by atoms with van der Waals surface area (Å²) >= 11 is 0. The Labute approximate surface area is 355 Å². The number of sulfonamides is 1. The third-order valence-corrected chi connectivity index (χ3v) is 9.97. The van der Waals surface area contributed by atoms with Crippen LogP contribution >= 0.6 is 0 Å². The van der Waals surface area contributed by atoms with Gasteiger partial charge in [-0.05, 0) is 49.9 Å². The minimum absolute atomic E-state index is 0.0515. The summed E-state index contributed by atoms with van der Waals surface area (Å²) < 4.78 is 53.4. The maximum atomic E-state index is 12.7. The van der Waals surface area contributed by atoms with Gasteiger partial charge >= 0.3 is 11.9 Å². The number of carboxylic acid groups (broad SMARTS) is 2. The number of carbonyl (C=O) groups excluding carboxylic acids is 2. The van der Waals surface area contributed by atoms with Crippen molar-refractivity contribution in [2.75, 3.05) is 71.2 Å². The second-order valence-electron chi connectivity index (χ2n) is 14.0. The molecule has 4 N–H and O–H groups in total. The van der Waals surface area contributed by atoms with Gasteiger partial charge in [0.1, 0.15) is 19.0 Å². The van der Waals surface area contributed by atoms with Crippen molar-refractivity contribution in [2.24, 2.45) is 0 Å². The maximum absolute atomic E-state index is 12.7. The average molecular weight is 869 g/mol. The molecule has 340 valence electrons. The molecule has 2 rings (SSSR count). The number of carboxylic acids is 2. The molecule has 18 heteroatoms. The standard InChI is InChI=1S/C30H46N4O7S.C12H22O6/c1-40-22-20-31-29(37)25-23-32-30(33-24-25)34-42(38,39)27-18-16-26(17-19-27)41-21-14-12-10-8-6-4-2-3-5-7-9-11-13-15-28(35)36;1-2-5-17-9-11(13)4-3-6-16-7-8-18-10-12(14)15/h16-19,23-24H,2-15,20-22H2,1H3,(H,31,37)(H,35,36)(H,32,33,34);2-10H2,1H3,(H,14,15). The van der Waals surface area contributed by atoms with Gasteiger partial charge in [0.15, 0.2) is 5.78 Å². The summed E-state index contributed by atoms with van der Waals surface area (Å²) in [7, 11) is -2.37. The summed E-state index contributed by atoms with van der Waals surface area (Å²) in [6, 6.07) is 6.18. The number of carbonyl (C=O) groups is 4. The summed E-state index contributed by atoms with van der Waals surface area (Å²) in [5, 5.41) is 19.6. The molecular weight excluding hydrogens is 801 g/mol. The molecule has 0 saturated carbocycles. The van der Waals surface area contributed by atoms with E-state index in [4.69, 9.17) is 33.9 Å². The van der Waals surface area contributed by atoms with Crippen LogP contribution in [0.2, 0.25) is 0 Å². The van der Waals surface area contributed by atoms with Gasteiger partial charge < -0.3 is 39.2 Å². The molecule has 0 unspecified atom stereocenters. The molecule has 17 nitrogen and oxygen atoms in total. The van der Waals surface area contributed by atoms with E-state index in [1.807, 2.05) is 6.92 Å². The molecule has 60 heavy (non-hydrogen) atoms. The third-order valence-electron chi connectivity index (χ3n) is 8.62. The minimum Gasteiger partial charge on any atom is -0.494 e. The Morgan fingerprint density at radius 2 is 1.20 bits per heavy atom. The van der Waals surface area contributed by atoms with Crippen LogP contribution in [0.25, 0.3) is 0 Å². The Morgan fingerprint density at radius 3 is 1.77 bits per heavy atom. The maximum Gasteiger partial charge on any atom is 0.329 e. The molecule has 1 heterocycles. The fraction of sp³-hybridized carbons (Fsp3) is 0.667. The number of nitrogens with one attached hydrogen (secondary N) is 2. The first kappa shape index (κ1) is 53.8. The number of ketones is 1. The van der Waals surface area contributed by atoms with E-state index in [0.717, 1.165) is 38.5 Å². The summed E-state index contributed by atoms with van der Waals surface area (Å²) in [6.45, 7) is 4.82. The van der Waals surface area contributed by atoms with Crippen molar-refractivity contribution in [2.45, 2.75) is 121 Å². The Bertz CT molecular complexity index is 1550. The lowest BCUT2D eigenvalue weighted by molar-refractivity contribution is -0.142. The zero-order valence-electron chi connectivity index (χ0n) is 35.5. The second kappa shape index (κ2) is 35.5. The number of anilines is 1. The molecule has 0 fully saturated rings. The first-order valence-electron chi connectivity index (χ1n) is 21.0. The van der Waals surface area contributed by atoms with E-state index < -0.39 is 22.0 Å². The van der Waals surface area contributed by atoms with Crippen LogP contribution in [0.1, 0.15) is 126 Å². The lowest BCUT2D eigenvalue weighted by atomic mass is 10.0. The van der Waals surface area contributed by atoms with E-state index in [1.165, 1.54) is 83.0 Å². The van der Waals surface area contributed by atoms with Crippen molar-refractivity contribution >= 4 is 39.6 Å². The number of benzene rings is 1. The highest BCUT2D eigenvalue weighted by Gasteiger charge is 2.16. The predicted molar refractivity (Wildman–Crippen MR) is 226 cm³/mol. The fourth-order valence-electron chi connectivity index (χ4n) is 5.43. The minimum atomic E-state index is -3.90. The number of hydrogen-bond donors (Lipinski definition) is 4. The molecule has 1 aromatic heterocycles. The molecule has 0 aliphatic rings. The van der Waals surface area contributed by atoms with Crippen LogP contribution in [0.4, 0.5) is 5.95 Å². The number of Topliss-reactive ketones (excluding diaryl/α,β-unsaturated/α-hetero) is 1. The number of methoxy groups -OCH3 is 1. The Hall–Kier alpha value is -4.23. The van der Waals surface area contributed by atoms with Gasteiger partial charge in [0.2, 0.25) is 5.95 Å². The van der Waals surface area contributed by atoms with Gasteiger partial charge in [-0.1, -0.05) is 77.6 Å². The fourth-order valence-corrected chi connectivity index (χ4v) is 6.38. The monoisotopic (exact) mass is 868 g/mol. The smallest absolute Gasteiger partial charge is 0.329 e.